The summed E-state index contributed by atoms with van der Waals surface area (Å²) in [5.74, 6) is 1.15. The van der Waals surface area contributed by atoms with Crippen LogP contribution in [0.3, 0.4) is 0 Å². The van der Waals surface area contributed by atoms with Crippen LogP contribution < -0.4 is 5.32 Å². The molecule has 1 aromatic heterocycles. The Kier molecular flexibility index (Phi) is 4.54. The van der Waals surface area contributed by atoms with Crippen LogP contribution in [0.1, 0.15) is 10.5 Å². The number of carbonyl (C=O) groups is 2. The Bertz CT molecular complexity index is 409. The minimum absolute atomic E-state index is 0.111. The van der Waals surface area contributed by atoms with Crippen molar-refractivity contribution < 1.29 is 14.3 Å². The van der Waals surface area contributed by atoms with E-state index in [0.29, 0.717) is 0 Å². The number of aromatic nitrogens is 1. The number of rotatable bonds is 4. The molecule has 1 amide bonds. The third kappa shape index (κ3) is 3.80. The predicted molar refractivity (Wildman–Crippen MR) is 56.4 cm³/mol. The van der Waals surface area contributed by atoms with Gasteiger partial charge in [-0.15, -0.1) is 6.42 Å². The van der Waals surface area contributed by atoms with Crippen LogP contribution in [0, 0.1) is 12.3 Å². The van der Waals surface area contributed by atoms with Crippen LogP contribution in [0.2, 0.25) is 0 Å². The first-order valence-corrected chi connectivity index (χ1v) is 4.52. The molecule has 5 heteroatoms. The van der Waals surface area contributed by atoms with Crippen LogP contribution in [0.5, 0.6) is 0 Å². The Morgan fingerprint density at radius 2 is 2.31 bits per heavy atom. The molecule has 1 rings (SSSR count). The number of hydrogen-bond acceptors (Lipinski definition) is 4. The molecule has 1 heterocycles. The summed E-state index contributed by atoms with van der Waals surface area (Å²) in [7, 11) is 0. The molecule has 16 heavy (non-hydrogen) atoms. The van der Waals surface area contributed by atoms with Gasteiger partial charge in [0.25, 0.3) is 5.91 Å². The summed E-state index contributed by atoms with van der Waals surface area (Å²) in [4.78, 5) is 26.1. The Labute approximate surface area is 92.8 Å². The second-order valence-corrected chi connectivity index (χ2v) is 2.77. The summed E-state index contributed by atoms with van der Waals surface area (Å²) in [6, 6.07) is 4.83. The minimum Gasteiger partial charge on any atom is -0.451 e. The standard InChI is InChI=1S/C11H10N2O3/c1-2-6-13-10(14)8-16-11(15)9-5-3-4-7-12-9/h1,3-5,7H,6,8H2,(H,13,14). The second kappa shape index (κ2) is 6.19. The number of hydrogen-bond donors (Lipinski definition) is 1. The molecule has 0 spiro atoms. The van der Waals surface area contributed by atoms with E-state index in [9.17, 15) is 9.59 Å². The van der Waals surface area contributed by atoms with Gasteiger partial charge in [0, 0.05) is 6.20 Å². The van der Waals surface area contributed by atoms with Crippen molar-refractivity contribution in [3.63, 3.8) is 0 Å². The normalized spacial score (nSPS) is 8.94. The summed E-state index contributed by atoms with van der Waals surface area (Å²) in [5, 5.41) is 2.37. The van der Waals surface area contributed by atoms with E-state index < -0.39 is 11.9 Å². The van der Waals surface area contributed by atoms with Gasteiger partial charge in [0.2, 0.25) is 0 Å². The average Bonchev–Trinajstić information content (AvgIpc) is 2.34. The molecule has 0 aromatic carbocycles. The first-order valence-electron chi connectivity index (χ1n) is 4.52. The lowest BCUT2D eigenvalue weighted by Gasteiger charge is -2.03. The number of amides is 1. The first kappa shape index (κ1) is 11.7. The predicted octanol–water partition coefficient (Wildman–Crippen LogP) is -0.0122. The second-order valence-electron chi connectivity index (χ2n) is 2.77. The monoisotopic (exact) mass is 218 g/mol. The Hall–Kier alpha value is -2.35. The van der Waals surface area contributed by atoms with Gasteiger partial charge < -0.3 is 10.1 Å². The SMILES string of the molecule is C#CCNC(=O)COC(=O)c1ccccn1. The van der Waals surface area contributed by atoms with Gasteiger partial charge in [-0.1, -0.05) is 12.0 Å². The number of pyridine rings is 1. The smallest absolute Gasteiger partial charge is 0.357 e. The van der Waals surface area contributed by atoms with Crippen molar-refractivity contribution in [2.75, 3.05) is 13.2 Å². The number of ether oxygens (including phenoxy) is 1. The van der Waals surface area contributed by atoms with Crippen LogP contribution in [0.15, 0.2) is 24.4 Å². The van der Waals surface area contributed by atoms with Gasteiger partial charge in [-0.25, -0.2) is 9.78 Å². The molecule has 1 N–H and O–H groups in total. The molecule has 0 aliphatic rings. The van der Waals surface area contributed by atoms with Crippen molar-refractivity contribution in [3.8, 4) is 12.3 Å². The first-order chi connectivity index (χ1) is 7.74. The van der Waals surface area contributed by atoms with E-state index in [4.69, 9.17) is 11.2 Å². The van der Waals surface area contributed by atoms with Crippen molar-refractivity contribution in [1.82, 2.24) is 10.3 Å². The quantitative estimate of drug-likeness (QED) is 0.570. The highest BCUT2D eigenvalue weighted by molar-refractivity contribution is 5.89. The Balaban J connectivity index is 2.37. The Morgan fingerprint density at radius 1 is 1.50 bits per heavy atom. The lowest BCUT2D eigenvalue weighted by Crippen LogP contribution is -2.29. The van der Waals surface area contributed by atoms with E-state index in [0.717, 1.165) is 0 Å². The van der Waals surface area contributed by atoms with E-state index in [-0.39, 0.29) is 18.8 Å². The van der Waals surface area contributed by atoms with Gasteiger partial charge in [0.15, 0.2) is 6.61 Å². The van der Waals surface area contributed by atoms with Gasteiger partial charge in [-0.05, 0) is 12.1 Å². The molecule has 0 atom stereocenters. The molecular weight excluding hydrogens is 208 g/mol. The fourth-order valence-electron chi connectivity index (χ4n) is 0.889. The number of carbonyl (C=O) groups excluding carboxylic acids is 2. The maximum Gasteiger partial charge on any atom is 0.357 e. The fourth-order valence-corrected chi connectivity index (χ4v) is 0.889. The van der Waals surface area contributed by atoms with Crippen LogP contribution in [-0.2, 0) is 9.53 Å². The van der Waals surface area contributed by atoms with E-state index in [1.807, 2.05) is 0 Å². The van der Waals surface area contributed by atoms with Gasteiger partial charge in [0.05, 0.1) is 6.54 Å². The topological polar surface area (TPSA) is 68.3 Å². The van der Waals surface area contributed by atoms with Crippen LogP contribution in [0.25, 0.3) is 0 Å². The molecule has 5 nitrogen and oxygen atoms in total. The lowest BCUT2D eigenvalue weighted by molar-refractivity contribution is -0.123. The zero-order valence-corrected chi connectivity index (χ0v) is 8.47. The van der Waals surface area contributed by atoms with Crippen LogP contribution in [-0.4, -0.2) is 30.0 Å². The van der Waals surface area contributed by atoms with E-state index >= 15 is 0 Å². The fraction of sp³-hybridized carbons (Fsp3) is 0.182. The minimum atomic E-state index is -0.642. The molecule has 82 valence electrons. The van der Waals surface area contributed by atoms with Crippen molar-refractivity contribution in [2.45, 2.75) is 0 Å². The summed E-state index contributed by atoms with van der Waals surface area (Å²) < 4.78 is 4.70. The Morgan fingerprint density at radius 3 is 2.94 bits per heavy atom. The molecule has 0 saturated heterocycles. The largest absolute Gasteiger partial charge is 0.451 e. The highest BCUT2D eigenvalue weighted by Gasteiger charge is 2.09. The summed E-state index contributed by atoms with van der Waals surface area (Å²) in [6.45, 7) is -0.253. The zero-order chi connectivity index (χ0) is 11.8. The average molecular weight is 218 g/mol. The zero-order valence-electron chi connectivity index (χ0n) is 8.47. The maximum absolute atomic E-state index is 11.3. The molecule has 0 saturated carbocycles. The lowest BCUT2D eigenvalue weighted by atomic mass is 10.3. The van der Waals surface area contributed by atoms with E-state index in [1.165, 1.54) is 12.3 Å². The highest BCUT2D eigenvalue weighted by atomic mass is 16.5. The number of nitrogens with one attached hydrogen (secondary N) is 1. The van der Waals surface area contributed by atoms with E-state index in [2.05, 4.69) is 16.2 Å². The molecule has 0 aliphatic heterocycles. The third-order valence-corrected chi connectivity index (χ3v) is 1.60. The van der Waals surface area contributed by atoms with Gasteiger partial charge >= 0.3 is 5.97 Å². The number of terminal acetylenes is 1. The van der Waals surface area contributed by atoms with Crippen LogP contribution >= 0.6 is 0 Å². The van der Waals surface area contributed by atoms with Crippen molar-refractivity contribution in [2.24, 2.45) is 0 Å². The van der Waals surface area contributed by atoms with E-state index in [1.54, 1.807) is 12.1 Å². The summed E-state index contributed by atoms with van der Waals surface area (Å²) in [6.07, 6.45) is 6.41. The number of esters is 1. The molecule has 0 bridgehead atoms. The summed E-state index contributed by atoms with van der Waals surface area (Å²) in [5.41, 5.74) is 0.159. The molecule has 0 fully saturated rings. The third-order valence-electron chi connectivity index (χ3n) is 1.60. The molecule has 0 radical (unpaired) electrons. The maximum atomic E-state index is 11.3. The van der Waals surface area contributed by atoms with Crippen molar-refractivity contribution in [3.05, 3.63) is 30.1 Å². The van der Waals surface area contributed by atoms with Gasteiger partial charge in [-0.3, -0.25) is 4.79 Å². The van der Waals surface area contributed by atoms with Crippen LogP contribution in [0.4, 0.5) is 0 Å². The molecular formula is C11H10N2O3. The van der Waals surface area contributed by atoms with Crippen molar-refractivity contribution >= 4 is 11.9 Å². The van der Waals surface area contributed by atoms with Gasteiger partial charge in [0.1, 0.15) is 5.69 Å². The summed E-state index contributed by atoms with van der Waals surface area (Å²) >= 11 is 0. The van der Waals surface area contributed by atoms with Crippen molar-refractivity contribution in [1.29, 1.82) is 0 Å². The highest BCUT2D eigenvalue weighted by Crippen LogP contribution is 1.95. The molecule has 0 unspecified atom stereocenters. The molecule has 0 aliphatic carbocycles. The number of nitrogens with zero attached hydrogens (tertiary/aromatic N) is 1. The molecule has 1 aromatic rings. The van der Waals surface area contributed by atoms with Gasteiger partial charge in [-0.2, -0.15) is 0 Å².